The van der Waals surface area contributed by atoms with Crippen LogP contribution in [0.5, 0.6) is 0 Å². The predicted octanol–water partition coefficient (Wildman–Crippen LogP) is 5.56. The van der Waals surface area contributed by atoms with E-state index in [4.69, 9.17) is 0 Å². The van der Waals surface area contributed by atoms with Crippen LogP contribution in [0, 0.1) is 5.92 Å². The number of allylic oxidation sites excluding steroid dienone is 7. The molecule has 102 valence electrons. The zero-order chi connectivity index (χ0) is 13.5. The largest absolute Gasteiger partial charge is 0.140 e. The van der Waals surface area contributed by atoms with Crippen molar-refractivity contribution in [2.24, 2.45) is 5.92 Å². The summed E-state index contributed by atoms with van der Waals surface area (Å²) in [6.45, 7) is 2.29. The van der Waals surface area contributed by atoms with Crippen LogP contribution in [0.15, 0.2) is 36.0 Å². The molecule has 20 heavy (non-hydrogen) atoms. The van der Waals surface area contributed by atoms with Crippen LogP contribution in [0.2, 0.25) is 0 Å². The van der Waals surface area contributed by atoms with Gasteiger partial charge in [-0.3, -0.25) is 0 Å². The Labute approximate surface area is 125 Å². The first-order valence-corrected chi connectivity index (χ1v) is 8.55. The highest BCUT2D eigenvalue weighted by Crippen LogP contribution is 2.44. The molecule has 1 aromatic rings. The smallest absolute Gasteiger partial charge is 0.0308 e. The lowest BCUT2D eigenvalue weighted by Crippen LogP contribution is -2.04. The average Bonchev–Trinajstić information content (AvgIpc) is 2.86. The molecule has 3 aliphatic carbocycles. The molecule has 0 fully saturated rings. The van der Waals surface area contributed by atoms with Crippen molar-refractivity contribution < 1.29 is 0 Å². The maximum Gasteiger partial charge on any atom is 0.0308 e. The first-order chi connectivity index (χ1) is 9.83. The van der Waals surface area contributed by atoms with Gasteiger partial charge in [-0.05, 0) is 66.4 Å². The van der Waals surface area contributed by atoms with Crippen LogP contribution in [0.25, 0.3) is 11.6 Å². The van der Waals surface area contributed by atoms with E-state index in [1.165, 1.54) is 48.1 Å². The number of aryl methyl sites for hydroxylation is 1. The fourth-order valence-corrected chi connectivity index (χ4v) is 4.78. The van der Waals surface area contributed by atoms with Crippen LogP contribution < -0.4 is 0 Å². The van der Waals surface area contributed by atoms with Gasteiger partial charge in [0.2, 0.25) is 0 Å². The zero-order valence-electron chi connectivity index (χ0n) is 12.0. The first-order valence-electron chi connectivity index (χ1n) is 7.73. The molecule has 0 unspecified atom stereocenters. The summed E-state index contributed by atoms with van der Waals surface area (Å²) in [6.07, 6.45) is 20.3. The summed E-state index contributed by atoms with van der Waals surface area (Å²) in [6, 6.07) is 0. The summed E-state index contributed by atoms with van der Waals surface area (Å²) in [5.41, 5.74) is 6.18. The second-order valence-corrected chi connectivity index (χ2v) is 7.21. The van der Waals surface area contributed by atoms with Gasteiger partial charge in [0.25, 0.3) is 0 Å². The van der Waals surface area contributed by atoms with Gasteiger partial charge in [-0.25, -0.2) is 0 Å². The van der Waals surface area contributed by atoms with Gasteiger partial charge in [0, 0.05) is 9.75 Å². The third-order valence-electron chi connectivity index (χ3n) is 4.56. The Balaban J connectivity index is 1.81. The molecule has 1 atom stereocenters. The monoisotopic (exact) mass is 280 g/mol. The van der Waals surface area contributed by atoms with E-state index < -0.39 is 0 Å². The quantitative estimate of drug-likeness (QED) is 0.632. The van der Waals surface area contributed by atoms with Gasteiger partial charge in [0.05, 0.1) is 0 Å². The molecule has 0 bridgehead atoms. The topological polar surface area (TPSA) is 0 Å². The molecule has 0 spiro atoms. The summed E-state index contributed by atoms with van der Waals surface area (Å²) >= 11 is 2.03. The number of hydrogen-bond acceptors (Lipinski definition) is 1. The van der Waals surface area contributed by atoms with Crippen molar-refractivity contribution in [1.29, 1.82) is 0 Å². The SMILES string of the molecule is C[C@H]1C=CC(C2=CCCc3sc4c(c32)CCC=C4)=CC1. The molecule has 0 aliphatic heterocycles. The van der Waals surface area contributed by atoms with E-state index >= 15 is 0 Å². The van der Waals surface area contributed by atoms with Crippen LogP contribution in [-0.2, 0) is 12.8 Å². The van der Waals surface area contributed by atoms with Crippen molar-refractivity contribution >= 4 is 23.0 Å². The summed E-state index contributed by atoms with van der Waals surface area (Å²) in [7, 11) is 0. The molecule has 1 aromatic heterocycles. The van der Waals surface area contributed by atoms with Crippen molar-refractivity contribution in [2.45, 2.75) is 39.0 Å². The molecular weight excluding hydrogens is 260 g/mol. The molecule has 0 N–H and O–H groups in total. The standard InChI is InChI=1S/C19H20S/c1-13-9-11-14(12-10-13)15-6-4-8-18-19(15)16-5-2-3-7-17(16)20-18/h3,6-7,9,11-13H,2,4-5,8,10H2,1H3/t13-/m0/s1. The van der Waals surface area contributed by atoms with E-state index in [1.54, 1.807) is 16.0 Å². The Bertz CT molecular complexity index is 664. The molecular formula is C19H20S. The number of hydrogen-bond donors (Lipinski definition) is 0. The summed E-state index contributed by atoms with van der Waals surface area (Å²) in [4.78, 5) is 3.13. The minimum absolute atomic E-state index is 0.696. The van der Waals surface area contributed by atoms with Crippen LogP contribution in [0.3, 0.4) is 0 Å². The van der Waals surface area contributed by atoms with E-state index in [0.717, 1.165) is 0 Å². The van der Waals surface area contributed by atoms with Crippen LogP contribution in [0.1, 0.15) is 47.1 Å². The maximum atomic E-state index is 2.47. The lowest BCUT2D eigenvalue weighted by Gasteiger charge is -2.20. The van der Waals surface area contributed by atoms with Crippen molar-refractivity contribution in [3.63, 3.8) is 0 Å². The third kappa shape index (κ3) is 1.96. The second kappa shape index (κ2) is 4.89. The number of thiophene rings is 1. The van der Waals surface area contributed by atoms with Crippen molar-refractivity contribution in [2.75, 3.05) is 0 Å². The predicted molar refractivity (Wildman–Crippen MR) is 89.0 cm³/mol. The van der Waals surface area contributed by atoms with Crippen LogP contribution >= 0.6 is 11.3 Å². The normalized spacial score (nSPS) is 23.9. The van der Waals surface area contributed by atoms with Gasteiger partial charge < -0.3 is 0 Å². The van der Waals surface area contributed by atoms with Crippen molar-refractivity contribution in [1.82, 2.24) is 0 Å². The molecule has 0 amide bonds. The van der Waals surface area contributed by atoms with Gasteiger partial charge in [0.1, 0.15) is 0 Å². The highest BCUT2D eigenvalue weighted by atomic mass is 32.1. The molecule has 0 nitrogen and oxygen atoms in total. The van der Waals surface area contributed by atoms with Gasteiger partial charge >= 0.3 is 0 Å². The molecule has 3 aliphatic rings. The molecule has 1 heteroatoms. The zero-order valence-corrected chi connectivity index (χ0v) is 12.8. The minimum Gasteiger partial charge on any atom is -0.140 e. The Hall–Kier alpha value is -1.34. The van der Waals surface area contributed by atoms with E-state index in [9.17, 15) is 0 Å². The fraction of sp³-hybridized carbons (Fsp3) is 0.368. The maximum absolute atomic E-state index is 2.47. The van der Waals surface area contributed by atoms with E-state index in [0.29, 0.717) is 5.92 Å². The molecule has 1 heterocycles. The molecule has 4 rings (SSSR count). The van der Waals surface area contributed by atoms with Gasteiger partial charge in [-0.1, -0.05) is 37.3 Å². The second-order valence-electron chi connectivity index (χ2n) is 6.07. The Morgan fingerprint density at radius 1 is 1.10 bits per heavy atom. The van der Waals surface area contributed by atoms with E-state index in [-0.39, 0.29) is 0 Å². The number of fused-ring (bicyclic) bond motifs is 3. The van der Waals surface area contributed by atoms with E-state index in [2.05, 4.69) is 43.4 Å². The Morgan fingerprint density at radius 3 is 2.90 bits per heavy atom. The van der Waals surface area contributed by atoms with Crippen LogP contribution in [-0.4, -0.2) is 0 Å². The van der Waals surface area contributed by atoms with Gasteiger partial charge in [-0.15, -0.1) is 11.3 Å². The Kier molecular flexibility index (Phi) is 3.03. The number of rotatable bonds is 1. The van der Waals surface area contributed by atoms with Crippen LogP contribution in [0.4, 0.5) is 0 Å². The molecule has 0 aromatic carbocycles. The summed E-state index contributed by atoms with van der Waals surface area (Å²) < 4.78 is 0. The highest BCUT2D eigenvalue weighted by Gasteiger charge is 2.24. The summed E-state index contributed by atoms with van der Waals surface area (Å²) in [5.74, 6) is 0.696. The summed E-state index contributed by atoms with van der Waals surface area (Å²) in [5, 5.41) is 0. The Morgan fingerprint density at radius 2 is 2.05 bits per heavy atom. The molecule has 0 radical (unpaired) electrons. The first kappa shape index (κ1) is 12.4. The fourth-order valence-electron chi connectivity index (χ4n) is 3.47. The van der Waals surface area contributed by atoms with Gasteiger partial charge in [0.15, 0.2) is 0 Å². The lowest BCUT2D eigenvalue weighted by molar-refractivity contribution is 0.733. The molecule has 0 saturated carbocycles. The third-order valence-corrected chi connectivity index (χ3v) is 5.81. The average molecular weight is 280 g/mol. The van der Waals surface area contributed by atoms with Crippen molar-refractivity contribution in [3.05, 3.63) is 56.8 Å². The highest BCUT2D eigenvalue weighted by molar-refractivity contribution is 7.13. The van der Waals surface area contributed by atoms with Gasteiger partial charge in [-0.2, -0.15) is 0 Å². The van der Waals surface area contributed by atoms with Crippen molar-refractivity contribution in [3.8, 4) is 0 Å². The lowest BCUT2D eigenvalue weighted by atomic mass is 9.83. The minimum atomic E-state index is 0.696. The van der Waals surface area contributed by atoms with E-state index in [1.807, 2.05) is 11.3 Å². The molecule has 0 saturated heterocycles.